The van der Waals surface area contributed by atoms with Gasteiger partial charge in [0.2, 0.25) is 0 Å². The number of aliphatic hydroxyl groups is 1. The van der Waals surface area contributed by atoms with Crippen LogP contribution in [-0.4, -0.2) is 35.1 Å². The van der Waals surface area contributed by atoms with E-state index in [1.807, 2.05) is 0 Å². The van der Waals surface area contributed by atoms with Gasteiger partial charge >= 0.3 is 24.2 Å². The van der Waals surface area contributed by atoms with Gasteiger partial charge in [0, 0.05) is 12.5 Å². The minimum absolute atomic E-state index is 0.407. The maximum atomic E-state index is 12.9. The Hall–Kier alpha value is -1.35. The average Bonchev–Trinajstić information content (AvgIpc) is 2.27. The number of aliphatic hydroxyl groups excluding tert-OH is 1. The number of carbonyl (C=O) groups excluding carboxylic acids is 1. The summed E-state index contributed by atoms with van der Waals surface area (Å²) >= 11 is 0. The van der Waals surface area contributed by atoms with Crippen LogP contribution in [0.15, 0.2) is 11.8 Å². The number of carbonyl (C=O) groups is 1. The number of ketones is 1. The number of hydrogen-bond donors (Lipinski definition) is 1. The van der Waals surface area contributed by atoms with Gasteiger partial charge in [-0.25, -0.2) is 8.78 Å². The SMILES string of the molecule is CCC(=O)/C=C(\O)C(F)(F)C(F)(F)C(F)(F)C(F)F. The van der Waals surface area contributed by atoms with Crippen molar-refractivity contribution >= 4 is 5.78 Å². The molecule has 112 valence electrons. The maximum absolute atomic E-state index is 12.9. The molecule has 0 bridgehead atoms. The lowest BCUT2D eigenvalue weighted by atomic mass is 10.0. The molecular weight excluding hydrogens is 292 g/mol. The van der Waals surface area contributed by atoms with Crippen LogP contribution in [0.2, 0.25) is 0 Å². The third-order valence-electron chi connectivity index (χ3n) is 2.05. The van der Waals surface area contributed by atoms with Crippen molar-refractivity contribution in [1.82, 2.24) is 0 Å². The van der Waals surface area contributed by atoms with Gasteiger partial charge in [-0.1, -0.05) is 6.92 Å². The van der Waals surface area contributed by atoms with E-state index < -0.39 is 48.2 Å². The molecular formula is C9H8F8O2. The van der Waals surface area contributed by atoms with Crippen LogP contribution in [0.25, 0.3) is 0 Å². The Kier molecular flexibility index (Phi) is 4.96. The second kappa shape index (κ2) is 5.33. The van der Waals surface area contributed by atoms with E-state index in [1.54, 1.807) is 0 Å². The monoisotopic (exact) mass is 300 g/mol. The molecule has 0 unspecified atom stereocenters. The predicted molar refractivity (Wildman–Crippen MR) is 46.9 cm³/mol. The highest BCUT2D eigenvalue weighted by Gasteiger charge is 2.77. The number of alkyl halides is 8. The largest absolute Gasteiger partial charge is 0.506 e. The van der Waals surface area contributed by atoms with E-state index >= 15 is 0 Å². The number of rotatable bonds is 6. The third kappa shape index (κ3) is 2.98. The fourth-order valence-electron chi connectivity index (χ4n) is 0.852. The fourth-order valence-corrected chi connectivity index (χ4v) is 0.852. The molecule has 0 atom stereocenters. The Morgan fingerprint density at radius 2 is 1.58 bits per heavy atom. The molecule has 2 nitrogen and oxygen atoms in total. The van der Waals surface area contributed by atoms with Gasteiger partial charge in [0.05, 0.1) is 0 Å². The molecule has 1 N–H and O–H groups in total. The van der Waals surface area contributed by atoms with Crippen LogP contribution in [0.3, 0.4) is 0 Å². The smallest absolute Gasteiger partial charge is 0.385 e. The van der Waals surface area contributed by atoms with Crippen LogP contribution in [-0.2, 0) is 4.79 Å². The molecule has 0 rings (SSSR count). The summed E-state index contributed by atoms with van der Waals surface area (Å²) in [4.78, 5) is 10.6. The quantitative estimate of drug-likeness (QED) is 0.462. The molecule has 0 aromatic rings. The maximum Gasteiger partial charge on any atom is 0.385 e. The molecule has 10 heteroatoms. The number of hydrogen-bond acceptors (Lipinski definition) is 2. The van der Waals surface area contributed by atoms with Gasteiger partial charge in [-0.05, 0) is 0 Å². The van der Waals surface area contributed by atoms with Crippen LogP contribution >= 0.6 is 0 Å². The van der Waals surface area contributed by atoms with Gasteiger partial charge in [-0.2, -0.15) is 26.3 Å². The summed E-state index contributed by atoms with van der Waals surface area (Å²) in [6.07, 6.45) is -5.98. The molecule has 0 spiro atoms. The van der Waals surface area contributed by atoms with Crippen molar-refractivity contribution in [3.63, 3.8) is 0 Å². The second-order valence-corrected chi connectivity index (χ2v) is 3.42. The van der Waals surface area contributed by atoms with Crippen LogP contribution in [0.5, 0.6) is 0 Å². The van der Waals surface area contributed by atoms with Crippen LogP contribution < -0.4 is 0 Å². The highest BCUT2D eigenvalue weighted by molar-refractivity contribution is 5.89. The summed E-state index contributed by atoms with van der Waals surface area (Å²) in [5, 5.41) is 8.59. The molecule has 0 amide bonds. The Morgan fingerprint density at radius 3 is 1.89 bits per heavy atom. The van der Waals surface area contributed by atoms with Crippen molar-refractivity contribution in [3.8, 4) is 0 Å². The Balaban J connectivity index is 5.64. The molecule has 0 heterocycles. The number of halogens is 8. The Morgan fingerprint density at radius 1 is 1.16 bits per heavy atom. The van der Waals surface area contributed by atoms with Crippen molar-refractivity contribution in [2.24, 2.45) is 0 Å². The molecule has 0 fully saturated rings. The summed E-state index contributed by atoms with van der Waals surface area (Å²) in [5.74, 6) is -22.9. The molecule has 0 aliphatic heterocycles. The van der Waals surface area contributed by atoms with Crippen molar-refractivity contribution in [2.75, 3.05) is 0 Å². The van der Waals surface area contributed by atoms with E-state index in [0.29, 0.717) is 0 Å². The van der Waals surface area contributed by atoms with Crippen molar-refractivity contribution in [2.45, 2.75) is 37.5 Å². The highest BCUT2D eigenvalue weighted by atomic mass is 19.4. The summed E-state index contributed by atoms with van der Waals surface area (Å²) in [6, 6.07) is 0. The minimum atomic E-state index is -6.57. The predicted octanol–water partition coefficient (Wildman–Crippen LogP) is 3.58. The highest BCUT2D eigenvalue weighted by Crippen LogP contribution is 2.50. The fraction of sp³-hybridized carbons (Fsp3) is 0.667. The van der Waals surface area contributed by atoms with Crippen molar-refractivity contribution in [1.29, 1.82) is 0 Å². The first kappa shape index (κ1) is 17.6. The molecule has 0 saturated heterocycles. The summed E-state index contributed by atoms with van der Waals surface area (Å²) in [5.41, 5.74) is 0. The van der Waals surface area contributed by atoms with Crippen LogP contribution in [0.1, 0.15) is 13.3 Å². The molecule has 0 radical (unpaired) electrons. The van der Waals surface area contributed by atoms with Gasteiger partial charge in [0.15, 0.2) is 11.5 Å². The summed E-state index contributed by atoms with van der Waals surface area (Å²) < 4.78 is 99.5. The zero-order valence-corrected chi connectivity index (χ0v) is 9.24. The van der Waals surface area contributed by atoms with Gasteiger partial charge in [-0.15, -0.1) is 0 Å². The lowest BCUT2D eigenvalue weighted by Gasteiger charge is -2.31. The van der Waals surface area contributed by atoms with Crippen LogP contribution in [0, 0.1) is 0 Å². The first-order valence-electron chi connectivity index (χ1n) is 4.67. The normalized spacial score (nSPS) is 14.9. The molecule has 0 saturated carbocycles. The van der Waals surface area contributed by atoms with Crippen LogP contribution in [0.4, 0.5) is 35.1 Å². The molecule has 0 aliphatic rings. The summed E-state index contributed by atoms with van der Waals surface area (Å²) in [6.45, 7) is 1.11. The lowest BCUT2D eigenvalue weighted by Crippen LogP contribution is -2.58. The second-order valence-electron chi connectivity index (χ2n) is 3.42. The first-order chi connectivity index (χ1) is 8.32. The lowest BCUT2D eigenvalue weighted by molar-refractivity contribution is -0.333. The van der Waals surface area contributed by atoms with Gasteiger partial charge in [0.1, 0.15) is 0 Å². The van der Waals surface area contributed by atoms with E-state index in [-0.39, 0.29) is 0 Å². The third-order valence-corrected chi connectivity index (χ3v) is 2.05. The van der Waals surface area contributed by atoms with Gasteiger partial charge in [0.25, 0.3) is 0 Å². The van der Waals surface area contributed by atoms with E-state index in [1.165, 1.54) is 0 Å². The molecule has 19 heavy (non-hydrogen) atoms. The van der Waals surface area contributed by atoms with E-state index in [9.17, 15) is 39.9 Å². The Labute approximate surface area is 101 Å². The topological polar surface area (TPSA) is 37.3 Å². The van der Waals surface area contributed by atoms with E-state index in [2.05, 4.69) is 0 Å². The standard InChI is InChI=1S/C9H8F8O2/c1-2-4(18)3-5(19)7(12,13)9(16,17)8(14,15)6(10)11/h3,6,19H,2H2,1H3/b5-3-. The molecule has 0 aromatic carbocycles. The van der Waals surface area contributed by atoms with Crippen molar-refractivity contribution < 1.29 is 45.0 Å². The van der Waals surface area contributed by atoms with Gasteiger partial charge < -0.3 is 5.11 Å². The molecule has 0 aromatic heterocycles. The van der Waals surface area contributed by atoms with E-state index in [0.717, 1.165) is 6.92 Å². The van der Waals surface area contributed by atoms with Crippen molar-refractivity contribution in [3.05, 3.63) is 11.8 Å². The Bertz CT molecular complexity index is 374. The minimum Gasteiger partial charge on any atom is -0.506 e. The number of allylic oxidation sites excluding steroid dienone is 2. The zero-order valence-electron chi connectivity index (χ0n) is 9.24. The average molecular weight is 300 g/mol. The first-order valence-corrected chi connectivity index (χ1v) is 4.67. The van der Waals surface area contributed by atoms with Gasteiger partial charge in [-0.3, -0.25) is 4.79 Å². The molecule has 0 aliphatic carbocycles. The summed E-state index contributed by atoms with van der Waals surface area (Å²) in [7, 11) is 0. The zero-order chi connectivity index (χ0) is 15.6. The van der Waals surface area contributed by atoms with E-state index in [4.69, 9.17) is 5.11 Å².